The molecular formula is C17H27N3O2. The van der Waals surface area contributed by atoms with Gasteiger partial charge in [-0.05, 0) is 30.0 Å². The van der Waals surface area contributed by atoms with Crippen molar-refractivity contribution in [2.75, 3.05) is 13.6 Å². The van der Waals surface area contributed by atoms with Crippen LogP contribution in [0.3, 0.4) is 0 Å². The minimum Gasteiger partial charge on any atom is -0.352 e. The summed E-state index contributed by atoms with van der Waals surface area (Å²) < 4.78 is 0. The van der Waals surface area contributed by atoms with E-state index < -0.39 is 0 Å². The molecule has 0 heterocycles. The Kier molecular flexibility index (Phi) is 7.05. The molecule has 0 aliphatic heterocycles. The summed E-state index contributed by atoms with van der Waals surface area (Å²) in [5.41, 5.74) is 7.62. The van der Waals surface area contributed by atoms with Gasteiger partial charge in [-0.25, -0.2) is 0 Å². The lowest BCUT2D eigenvalue weighted by Crippen LogP contribution is -2.34. The number of carbonyl (C=O) groups is 2. The zero-order valence-corrected chi connectivity index (χ0v) is 13.9. The number of nitrogens with one attached hydrogen (secondary N) is 1. The van der Waals surface area contributed by atoms with Gasteiger partial charge in [0.15, 0.2) is 0 Å². The van der Waals surface area contributed by atoms with Crippen molar-refractivity contribution in [2.45, 2.75) is 39.8 Å². The van der Waals surface area contributed by atoms with E-state index in [-0.39, 0.29) is 17.9 Å². The van der Waals surface area contributed by atoms with Gasteiger partial charge in [-0.15, -0.1) is 0 Å². The molecule has 5 heteroatoms. The highest BCUT2D eigenvalue weighted by Crippen LogP contribution is 2.09. The van der Waals surface area contributed by atoms with Crippen LogP contribution >= 0.6 is 0 Å². The molecule has 1 rings (SSSR count). The molecule has 1 aromatic carbocycles. The topological polar surface area (TPSA) is 75.4 Å². The molecule has 22 heavy (non-hydrogen) atoms. The molecule has 2 amide bonds. The Bertz CT molecular complexity index is 497. The molecule has 0 aliphatic carbocycles. The molecule has 1 aromatic rings. The summed E-state index contributed by atoms with van der Waals surface area (Å²) in [6.45, 7) is 6.77. The van der Waals surface area contributed by atoms with E-state index in [9.17, 15) is 9.59 Å². The van der Waals surface area contributed by atoms with Crippen LogP contribution in [0.4, 0.5) is 0 Å². The molecule has 5 nitrogen and oxygen atoms in total. The fourth-order valence-corrected chi connectivity index (χ4v) is 1.99. The molecule has 0 aliphatic rings. The van der Waals surface area contributed by atoms with Crippen LogP contribution in [0.15, 0.2) is 24.3 Å². The third-order valence-electron chi connectivity index (χ3n) is 3.74. The van der Waals surface area contributed by atoms with Crippen molar-refractivity contribution in [3.8, 4) is 0 Å². The Hall–Kier alpha value is -1.88. The van der Waals surface area contributed by atoms with Gasteiger partial charge in [-0.1, -0.05) is 26.0 Å². The minimum absolute atomic E-state index is 0.0120. The lowest BCUT2D eigenvalue weighted by Gasteiger charge is -2.21. The fraction of sp³-hybridized carbons (Fsp3) is 0.529. The smallest absolute Gasteiger partial charge is 0.253 e. The first kappa shape index (κ1) is 18.2. The van der Waals surface area contributed by atoms with Crippen LogP contribution in [0.25, 0.3) is 0 Å². The predicted octanol–water partition coefficient (Wildman–Crippen LogP) is 1.77. The Balaban J connectivity index is 2.55. The van der Waals surface area contributed by atoms with Gasteiger partial charge < -0.3 is 16.0 Å². The fourth-order valence-electron chi connectivity index (χ4n) is 1.99. The Morgan fingerprint density at radius 3 is 2.32 bits per heavy atom. The van der Waals surface area contributed by atoms with Gasteiger partial charge in [0.05, 0.1) is 0 Å². The van der Waals surface area contributed by atoms with E-state index in [2.05, 4.69) is 19.2 Å². The quantitative estimate of drug-likeness (QED) is 0.806. The zero-order valence-electron chi connectivity index (χ0n) is 13.9. The molecule has 0 aromatic heterocycles. The molecule has 1 atom stereocenters. The van der Waals surface area contributed by atoms with Crippen molar-refractivity contribution < 1.29 is 9.59 Å². The third-order valence-corrected chi connectivity index (χ3v) is 3.74. The van der Waals surface area contributed by atoms with E-state index in [1.807, 2.05) is 12.1 Å². The number of amides is 2. The molecule has 0 saturated carbocycles. The van der Waals surface area contributed by atoms with Gasteiger partial charge in [0.25, 0.3) is 5.91 Å². The van der Waals surface area contributed by atoms with Crippen molar-refractivity contribution in [1.82, 2.24) is 10.2 Å². The second-order valence-electron chi connectivity index (χ2n) is 6.03. The maximum Gasteiger partial charge on any atom is 0.253 e. The van der Waals surface area contributed by atoms with Crippen molar-refractivity contribution in [2.24, 2.45) is 11.7 Å². The Morgan fingerprint density at radius 1 is 1.23 bits per heavy atom. The van der Waals surface area contributed by atoms with Gasteiger partial charge in [-0.2, -0.15) is 0 Å². The average molecular weight is 305 g/mol. The third kappa shape index (κ3) is 5.85. The predicted molar refractivity (Wildman–Crippen MR) is 88.4 cm³/mol. The average Bonchev–Trinajstić information content (AvgIpc) is 2.49. The minimum atomic E-state index is -0.0682. The first-order valence-corrected chi connectivity index (χ1v) is 7.65. The van der Waals surface area contributed by atoms with E-state index in [1.165, 1.54) is 6.92 Å². The van der Waals surface area contributed by atoms with E-state index in [1.54, 1.807) is 24.1 Å². The van der Waals surface area contributed by atoms with Crippen molar-refractivity contribution in [3.05, 3.63) is 35.4 Å². The largest absolute Gasteiger partial charge is 0.352 e. The molecule has 0 radical (unpaired) electrons. The number of hydrogen-bond acceptors (Lipinski definition) is 3. The second kappa shape index (κ2) is 8.54. The van der Waals surface area contributed by atoms with Crippen molar-refractivity contribution in [1.29, 1.82) is 0 Å². The molecule has 0 saturated heterocycles. The Morgan fingerprint density at radius 2 is 1.82 bits per heavy atom. The standard InChI is InChI=1S/C17H27N3O2/c1-12(2)16(18)9-10-20(4)17(22)15-7-5-14(6-8-15)11-19-13(3)21/h5-8,12,16H,9-11,18H2,1-4H3,(H,19,21). The maximum atomic E-state index is 12.3. The van der Waals surface area contributed by atoms with Crippen LogP contribution in [0.1, 0.15) is 43.1 Å². The first-order chi connectivity index (χ1) is 10.3. The van der Waals surface area contributed by atoms with Gasteiger partial charge >= 0.3 is 0 Å². The molecule has 0 bridgehead atoms. The van der Waals surface area contributed by atoms with Gasteiger partial charge in [0.2, 0.25) is 5.91 Å². The lowest BCUT2D eigenvalue weighted by molar-refractivity contribution is -0.119. The molecule has 0 spiro atoms. The zero-order chi connectivity index (χ0) is 16.7. The van der Waals surface area contributed by atoms with E-state index in [0.717, 1.165) is 12.0 Å². The number of carbonyl (C=O) groups excluding carboxylic acids is 2. The summed E-state index contributed by atoms with van der Waals surface area (Å²) in [7, 11) is 1.79. The molecule has 3 N–H and O–H groups in total. The maximum absolute atomic E-state index is 12.3. The van der Waals surface area contributed by atoms with Crippen LogP contribution in [0.2, 0.25) is 0 Å². The highest BCUT2D eigenvalue weighted by Gasteiger charge is 2.14. The SMILES string of the molecule is CC(=O)NCc1ccc(C(=O)N(C)CCC(N)C(C)C)cc1. The summed E-state index contributed by atoms with van der Waals surface area (Å²) in [6, 6.07) is 7.40. The van der Waals surface area contributed by atoms with Crippen LogP contribution < -0.4 is 11.1 Å². The highest BCUT2D eigenvalue weighted by atomic mass is 16.2. The van der Waals surface area contributed by atoms with Gasteiger partial charge in [0, 0.05) is 38.7 Å². The van der Waals surface area contributed by atoms with Crippen molar-refractivity contribution >= 4 is 11.8 Å². The van der Waals surface area contributed by atoms with Crippen LogP contribution in [0, 0.1) is 5.92 Å². The molecule has 122 valence electrons. The number of hydrogen-bond donors (Lipinski definition) is 2. The molecule has 0 fully saturated rings. The van der Waals surface area contributed by atoms with E-state index in [0.29, 0.717) is 24.6 Å². The number of benzene rings is 1. The summed E-state index contributed by atoms with van der Waals surface area (Å²) in [6.07, 6.45) is 0.792. The first-order valence-electron chi connectivity index (χ1n) is 7.65. The lowest BCUT2D eigenvalue weighted by atomic mass is 10.0. The summed E-state index contributed by atoms with van der Waals surface area (Å²) in [5, 5.41) is 2.73. The summed E-state index contributed by atoms with van der Waals surface area (Å²) >= 11 is 0. The van der Waals surface area contributed by atoms with E-state index in [4.69, 9.17) is 5.73 Å². The van der Waals surface area contributed by atoms with Crippen LogP contribution in [-0.4, -0.2) is 36.3 Å². The van der Waals surface area contributed by atoms with Crippen LogP contribution in [-0.2, 0) is 11.3 Å². The molecular weight excluding hydrogens is 278 g/mol. The van der Waals surface area contributed by atoms with Crippen LogP contribution in [0.5, 0.6) is 0 Å². The van der Waals surface area contributed by atoms with E-state index >= 15 is 0 Å². The number of nitrogens with zero attached hydrogens (tertiary/aromatic N) is 1. The summed E-state index contributed by atoms with van der Waals surface area (Å²) in [4.78, 5) is 24.9. The highest BCUT2D eigenvalue weighted by molar-refractivity contribution is 5.94. The number of rotatable bonds is 7. The molecule has 1 unspecified atom stereocenters. The van der Waals surface area contributed by atoms with Crippen molar-refractivity contribution in [3.63, 3.8) is 0 Å². The normalized spacial score (nSPS) is 12.1. The number of nitrogens with two attached hydrogens (primary N) is 1. The monoisotopic (exact) mass is 305 g/mol. The van der Waals surface area contributed by atoms with Gasteiger partial charge in [-0.3, -0.25) is 9.59 Å². The van der Waals surface area contributed by atoms with Gasteiger partial charge in [0.1, 0.15) is 0 Å². The summed E-state index contributed by atoms with van der Waals surface area (Å²) in [5.74, 6) is 0.333. The second-order valence-corrected chi connectivity index (χ2v) is 6.03. The Labute approximate surface area is 132 Å².